The number of benzene rings is 5. The first kappa shape index (κ1) is 30.9. The fourth-order valence-electron chi connectivity index (χ4n) is 6.70. The Bertz CT molecular complexity index is 2170. The lowest BCUT2D eigenvalue weighted by molar-refractivity contribution is -0.175. The van der Waals surface area contributed by atoms with Gasteiger partial charge in [-0.15, -0.1) is 0 Å². The van der Waals surface area contributed by atoms with E-state index >= 15 is 0 Å². The lowest BCUT2D eigenvalue weighted by Gasteiger charge is -2.22. The zero-order valence-corrected chi connectivity index (χ0v) is 28.0. The van der Waals surface area contributed by atoms with E-state index in [1.807, 2.05) is 42.5 Å². The maximum absolute atomic E-state index is 12.7. The van der Waals surface area contributed by atoms with E-state index in [4.69, 9.17) is 18.9 Å². The van der Waals surface area contributed by atoms with Gasteiger partial charge in [0.05, 0.1) is 11.8 Å². The Morgan fingerprint density at radius 1 is 0.830 bits per heavy atom. The number of hydrogen-bond acceptors (Lipinski definition) is 6. The Balaban J connectivity index is 0.983. The molecule has 0 saturated carbocycles. The summed E-state index contributed by atoms with van der Waals surface area (Å²) in [7, 11) is -0.164. The molecule has 0 spiro atoms. The highest BCUT2D eigenvalue weighted by molar-refractivity contribution is 7.45. The predicted octanol–water partition coefficient (Wildman–Crippen LogP) is 9.25. The third-order valence-corrected chi connectivity index (χ3v) is 11.5. The maximum Gasteiger partial charge on any atom is 0.338 e. The lowest BCUT2D eigenvalue weighted by Crippen LogP contribution is -2.25. The molecule has 3 atom stereocenters. The second-order valence-corrected chi connectivity index (χ2v) is 14.5. The zero-order valence-electron chi connectivity index (χ0n) is 27.2. The molecule has 0 amide bonds. The molecule has 0 bridgehead atoms. The van der Waals surface area contributed by atoms with Crippen molar-refractivity contribution in [3.05, 3.63) is 118 Å². The van der Waals surface area contributed by atoms with Gasteiger partial charge in [-0.3, -0.25) is 4.79 Å². The third kappa shape index (κ3) is 5.64. The molecule has 5 aromatic carbocycles. The van der Waals surface area contributed by atoms with E-state index in [-0.39, 0.29) is 30.1 Å². The number of hydrogen-bond donors (Lipinski definition) is 0. The fraction of sp³-hybridized carbons (Fsp3) is 0.250. The summed E-state index contributed by atoms with van der Waals surface area (Å²) in [6, 6.07) is 31.2. The maximum atomic E-state index is 12.7. The molecule has 1 aliphatic rings. The van der Waals surface area contributed by atoms with E-state index in [0.717, 1.165) is 27.6 Å². The quantitative estimate of drug-likeness (QED) is 0.0934. The topological polar surface area (TPSA) is 71.1 Å². The Hall–Kier alpha value is -4.72. The molecule has 1 aliphatic heterocycles. The van der Waals surface area contributed by atoms with Crippen molar-refractivity contribution in [2.24, 2.45) is 0 Å². The smallest absolute Gasteiger partial charge is 0.338 e. The summed E-state index contributed by atoms with van der Waals surface area (Å²) in [6.45, 7) is 10.5. The number of ether oxygens (including phenoxy) is 4. The normalized spacial score (nSPS) is 18.2. The SMILES string of the molecule is Cc1cc(-[s+]2c(C)c(C)c3c4ccccc4ccc32)cc(C)c1OCCOC(=O)CC1OC(C)(c2ccc3ccccc3c2)OC1=O. The van der Waals surface area contributed by atoms with Crippen molar-refractivity contribution in [1.29, 1.82) is 0 Å². The minimum atomic E-state index is -1.28. The first-order chi connectivity index (χ1) is 22.6. The predicted molar refractivity (Wildman–Crippen MR) is 188 cm³/mol. The Morgan fingerprint density at radius 2 is 1.51 bits per heavy atom. The first-order valence-electron chi connectivity index (χ1n) is 15.9. The first-order valence-corrected chi connectivity index (χ1v) is 17.1. The van der Waals surface area contributed by atoms with Gasteiger partial charge in [0.1, 0.15) is 19.0 Å². The summed E-state index contributed by atoms with van der Waals surface area (Å²) in [4.78, 5) is 28.0. The van der Waals surface area contributed by atoms with Crippen molar-refractivity contribution in [3.63, 3.8) is 0 Å². The minimum Gasteiger partial charge on any atom is -0.489 e. The number of esters is 2. The second-order valence-electron chi connectivity index (χ2n) is 12.3. The molecule has 6 nitrogen and oxygen atoms in total. The lowest BCUT2D eigenvalue weighted by atomic mass is 10.0. The summed E-state index contributed by atoms with van der Waals surface area (Å²) < 4.78 is 24.5. The molecular weight excluding hydrogens is 609 g/mol. The van der Waals surface area contributed by atoms with Crippen LogP contribution in [0.2, 0.25) is 0 Å². The van der Waals surface area contributed by atoms with E-state index in [9.17, 15) is 9.59 Å². The molecule has 7 heteroatoms. The van der Waals surface area contributed by atoms with E-state index < -0.39 is 23.8 Å². The molecule has 238 valence electrons. The summed E-state index contributed by atoms with van der Waals surface area (Å²) >= 11 is 0. The number of aryl methyl sites for hydroxylation is 3. The average molecular weight is 646 g/mol. The summed E-state index contributed by atoms with van der Waals surface area (Å²) in [5, 5.41) is 6.00. The molecule has 47 heavy (non-hydrogen) atoms. The molecule has 1 aromatic heterocycles. The van der Waals surface area contributed by atoms with Crippen LogP contribution in [0.1, 0.15) is 40.5 Å². The van der Waals surface area contributed by atoms with Crippen molar-refractivity contribution in [1.82, 2.24) is 0 Å². The summed E-state index contributed by atoms with van der Waals surface area (Å²) in [5.74, 6) is -1.62. The third-order valence-electron chi connectivity index (χ3n) is 9.13. The number of thiophene rings is 1. The highest BCUT2D eigenvalue weighted by Gasteiger charge is 2.47. The van der Waals surface area contributed by atoms with Crippen molar-refractivity contribution < 1.29 is 28.5 Å². The van der Waals surface area contributed by atoms with E-state index in [2.05, 4.69) is 76.2 Å². The van der Waals surface area contributed by atoms with Crippen molar-refractivity contribution in [2.75, 3.05) is 13.2 Å². The number of fused-ring (bicyclic) bond motifs is 4. The van der Waals surface area contributed by atoms with Gasteiger partial charge in [-0.05, 0) is 71.6 Å². The Kier molecular flexibility index (Phi) is 7.98. The zero-order chi connectivity index (χ0) is 32.9. The minimum absolute atomic E-state index is 0.0506. The number of carbonyl (C=O) groups is 2. The highest BCUT2D eigenvalue weighted by atomic mass is 32.2. The molecule has 1 fully saturated rings. The molecule has 1 saturated heterocycles. The van der Waals surface area contributed by atoms with Crippen LogP contribution in [-0.4, -0.2) is 31.3 Å². The molecule has 3 unspecified atom stereocenters. The summed E-state index contributed by atoms with van der Waals surface area (Å²) in [6.07, 6.45) is -1.28. The molecule has 2 heterocycles. The van der Waals surface area contributed by atoms with Crippen molar-refractivity contribution in [2.45, 2.75) is 52.9 Å². The van der Waals surface area contributed by atoms with Gasteiger partial charge in [-0.25, -0.2) is 4.79 Å². The Labute approximate surface area is 276 Å². The van der Waals surface area contributed by atoms with Crippen molar-refractivity contribution >= 4 is 54.0 Å². The van der Waals surface area contributed by atoms with Crippen LogP contribution in [0.15, 0.2) is 91.0 Å². The van der Waals surface area contributed by atoms with Crippen LogP contribution < -0.4 is 4.74 Å². The fourth-order valence-corrected chi connectivity index (χ4v) is 9.30. The molecule has 0 aliphatic carbocycles. The van der Waals surface area contributed by atoms with Gasteiger partial charge in [-0.2, -0.15) is 0 Å². The second kappa shape index (κ2) is 12.1. The average Bonchev–Trinajstić information content (AvgIpc) is 3.50. The van der Waals surface area contributed by atoms with Gasteiger partial charge in [0.15, 0.2) is 20.6 Å². The van der Waals surface area contributed by atoms with Gasteiger partial charge >= 0.3 is 11.9 Å². The van der Waals surface area contributed by atoms with Crippen LogP contribution in [0.3, 0.4) is 0 Å². The largest absolute Gasteiger partial charge is 0.489 e. The Morgan fingerprint density at radius 3 is 2.28 bits per heavy atom. The highest BCUT2D eigenvalue weighted by Crippen LogP contribution is 2.49. The molecular formula is C40H37O6S+. The monoisotopic (exact) mass is 645 g/mol. The van der Waals surface area contributed by atoms with Gasteiger partial charge in [0.2, 0.25) is 5.79 Å². The van der Waals surface area contributed by atoms with Crippen molar-refractivity contribution in [3.8, 4) is 10.6 Å². The van der Waals surface area contributed by atoms with Gasteiger partial charge in [0, 0.05) is 47.6 Å². The van der Waals surface area contributed by atoms with Gasteiger partial charge < -0.3 is 18.9 Å². The summed E-state index contributed by atoms with van der Waals surface area (Å²) in [5.41, 5.74) is 4.13. The van der Waals surface area contributed by atoms with Gasteiger partial charge in [0.25, 0.3) is 0 Å². The van der Waals surface area contributed by atoms with E-state index in [0.29, 0.717) is 5.56 Å². The molecule has 0 N–H and O–H groups in total. The molecule has 7 rings (SSSR count). The van der Waals surface area contributed by atoms with Crippen LogP contribution in [0, 0.1) is 27.7 Å². The molecule has 0 radical (unpaired) electrons. The number of carbonyl (C=O) groups excluding carboxylic acids is 2. The van der Waals surface area contributed by atoms with Crippen LogP contribution >= 0.6 is 10.5 Å². The van der Waals surface area contributed by atoms with Crippen LogP contribution in [0.4, 0.5) is 0 Å². The number of cyclic esters (lactones) is 1. The van der Waals surface area contributed by atoms with Crippen LogP contribution in [0.25, 0.3) is 36.5 Å². The van der Waals surface area contributed by atoms with E-state index in [1.54, 1.807) is 6.92 Å². The van der Waals surface area contributed by atoms with Crippen LogP contribution in [-0.2, 0) is 29.6 Å². The van der Waals surface area contributed by atoms with Gasteiger partial charge in [-0.1, -0.05) is 60.7 Å². The van der Waals surface area contributed by atoms with E-state index in [1.165, 1.54) is 36.2 Å². The van der Waals surface area contributed by atoms with Crippen LogP contribution in [0.5, 0.6) is 5.75 Å². The standard InChI is InChI=1S/C40H37O6S/c1-24-20-32(47-27(4)26(3)37-33-13-9-8-11-29(33)15-17-35(37)47)21-25(2)38(24)44-19-18-43-36(41)23-34-39(42)46-40(5,45-34)31-16-14-28-10-6-7-12-30(28)22-31/h6-17,20-22,34H,18-19,23H2,1-5H3/q+1. The number of rotatable bonds is 8. The molecule has 6 aromatic rings.